The Morgan fingerprint density at radius 2 is 2.05 bits per heavy atom. The van der Waals surface area contributed by atoms with Gasteiger partial charge in [-0.1, -0.05) is 6.07 Å². The third-order valence-corrected chi connectivity index (χ3v) is 2.95. The highest BCUT2D eigenvalue weighted by Crippen LogP contribution is 2.34. The van der Waals surface area contributed by atoms with E-state index in [9.17, 15) is 14.9 Å². The molecule has 0 saturated heterocycles. The number of para-hydroxylation sites is 1. The molecule has 0 spiro atoms. The summed E-state index contributed by atoms with van der Waals surface area (Å²) in [5, 5.41) is 13.9. The quantitative estimate of drug-likeness (QED) is 0.609. The van der Waals surface area contributed by atoms with Crippen LogP contribution in [0.2, 0.25) is 0 Å². The summed E-state index contributed by atoms with van der Waals surface area (Å²) in [4.78, 5) is 24.1. The topological polar surface area (TPSA) is 84.7 Å². The highest BCUT2D eigenvalue weighted by molar-refractivity contribution is 5.82. The van der Waals surface area contributed by atoms with Crippen LogP contribution in [0.4, 0.5) is 11.4 Å². The molecule has 0 aliphatic carbocycles. The van der Waals surface area contributed by atoms with Gasteiger partial charge in [-0.3, -0.25) is 14.9 Å². The van der Waals surface area contributed by atoms with E-state index in [4.69, 9.17) is 4.74 Å². The van der Waals surface area contributed by atoms with Crippen molar-refractivity contribution < 1.29 is 14.5 Å². The lowest BCUT2D eigenvalue weighted by Crippen LogP contribution is -2.35. The smallest absolute Gasteiger partial charge is 0.333 e. The van der Waals surface area contributed by atoms with Crippen LogP contribution in [0.3, 0.4) is 0 Å². The summed E-state index contributed by atoms with van der Waals surface area (Å²) < 4.78 is 4.97. The third kappa shape index (κ3) is 3.59. The van der Waals surface area contributed by atoms with Crippen molar-refractivity contribution in [1.29, 1.82) is 0 Å². The van der Waals surface area contributed by atoms with Gasteiger partial charge in [0.15, 0.2) is 5.75 Å². The highest BCUT2D eigenvalue weighted by Gasteiger charge is 2.21. The van der Waals surface area contributed by atoms with Crippen molar-refractivity contribution in [2.45, 2.75) is 13.8 Å². The second kappa shape index (κ2) is 7.32. The number of hydrogen-bond acceptors (Lipinski definition) is 5. The van der Waals surface area contributed by atoms with Gasteiger partial charge in [-0.05, 0) is 26.0 Å². The predicted octanol–water partition coefficient (Wildman–Crippen LogP) is 1.88. The van der Waals surface area contributed by atoms with Crippen LogP contribution in [-0.4, -0.2) is 42.5 Å². The van der Waals surface area contributed by atoms with Crippen LogP contribution in [0.15, 0.2) is 18.2 Å². The number of benzene rings is 1. The fourth-order valence-electron chi connectivity index (χ4n) is 1.88. The summed E-state index contributed by atoms with van der Waals surface area (Å²) >= 11 is 0. The number of likely N-dealkylation sites (N-methyl/N-ethyl adjacent to an activating group) is 1. The molecular formula is C13H19N3O4. The molecule has 0 saturated carbocycles. The van der Waals surface area contributed by atoms with Crippen molar-refractivity contribution in [3.05, 3.63) is 28.3 Å². The van der Waals surface area contributed by atoms with Crippen LogP contribution >= 0.6 is 0 Å². The van der Waals surface area contributed by atoms with Gasteiger partial charge in [0.05, 0.1) is 18.6 Å². The number of nitro benzene ring substituents is 1. The van der Waals surface area contributed by atoms with E-state index in [-0.39, 0.29) is 29.6 Å². The number of anilines is 1. The summed E-state index contributed by atoms with van der Waals surface area (Å²) in [7, 11) is 1.37. The van der Waals surface area contributed by atoms with Gasteiger partial charge in [0.2, 0.25) is 5.91 Å². The molecule has 20 heavy (non-hydrogen) atoms. The average molecular weight is 281 g/mol. The number of ether oxygens (including phenoxy) is 1. The molecule has 7 heteroatoms. The second-order valence-electron chi connectivity index (χ2n) is 4.03. The maximum Gasteiger partial charge on any atom is 0.333 e. The SMILES string of the molecule is CCN(CC)C(=O)CNc1cccc(OC)c1[N+](=O)[O-]. The third-order valence-electron chi connectivity index (χ3n) is 2.95. The van der Waals surface area contributed by atoms with Gasteiger partial charge < -0.3 is 15.0 Å². The Morgan fingerprint density at radius 3 is 2.55 bits per heavy atom. The number of hydrogen-bond donors (Lipinski definition) is 1. The molecule has 0 aliphatic rings. The Balaban J connectivity index is 2.88. The van der Waals surface area contributed by atoms with Gasteiger partial charge in [-0.2, -0.15) is 0 Å². The Labute approximate surface area is 117 Å². The van der Waals surface area contributed by atoms with Crippen molar-refractivity contribution in [1.82, 2.24) is 4.90 Å². The van der Waals surface area contributed by atoms with Gasteiger partial charge in [0.25, 0.3) is 0 Å². The first-order valence-corrected chi connectivity index (χ1v) is 6.38. The van der Waals surface area contributed by atoms with E-state index in [0.717, 1.165) is 0 Å². The van der Waals surface area contributed by atoms with Crippen LogP contribution in [-0.2, 0) is 4.79 Å². The molecule has 0 aromatic heterocycles. The standard InChI is InChI=1S/C13H19N3O4/c1-4-15(5-2)12(17)9-14-10-7-6-8-11(20-3)13(10)16(18)19/h6-8,14H,4-5,9H2,1-3H3. The lowest BCUT2D eigenvalue weighted by atomic mass is 10.2. The van der Waals surface area contributed by atoms with Crippen molar-refractivity contribution >= 4 is 17.3 Å². The first-order valence-electron chi connectivity index (χ1n) is 6.38. The zero-order chi connectivity index (χ0) is 15.1. The monoisotopic (exact) mass is 281 g/mol. The lowest BCUT2D eigenvalue weighted by Gasteiger charge is -2.19. The Kier molecular flexibility index (Phi) is 5.76. The number of nitrogens with zero attached hydrogens (tertiary/aromatic N) is 2. The largest absolute Gasteiger partial charge is 0.490 e. The van der Waals surface area contributed by atoms with E-state index < -0.39 is 4.92 Å². The number of carbonyl (C=O) groups excluding carboxylic acids is 1. The maximum absolute atomic E-state index is 11.9. The molecule has 0 atom stereocenters. The number of rotatable bonds is 7. The van der Waals surface area contributed by atoms with Crippen LogP contribution in [0.25, 0.3) is 0 Å². The lowest BCUT2D eigenvalue weighted by molar-refractivity contribution is -0.384. The summed E-state index contributed by atoms with van der Waals surface area (Å²) in [6.45, 7) is 4.99. The minimum atomic E-state index is -0.525. The van der Waals surface area contributed by atoms with Crippen molar-refractivity contribution in [3.8, 4) is 5.75 Å². The fourth-order valence-corrected chi connectivity index (χ4v) is 1.88. The number of nitrogens with one attached hydrogen (secondary N) is 1. The van der Waals surface area contributed by atoms with Crippen LogP contribution in [0, 0.1) is 10.1 Å². The van der Waals surface area contributed by atoms with E-state index in [0.29, 0.717) is 13.1 Å². The molecule has 0 radical (unpaired) electrons. The van der Waals surface area contributed by atoms with Crippen LogP contribution in [0.5, 0.6) is 5.75 Å². The fraction of sp³-hybridized carbons (Fsp3) is 0.462. The molecule has 0 heterocycles. The van der Waals surface area contributed by atoms with E-state index in [2.05, 4.69) is 5.32 Å². The Hall–Kier alpha value is -2.31. The van der Waals surface area contributed by atoms with E-state index in [1.165, 1.54) is 13.2 Å². The Morgan fingerprint density at radius 1 is 1.40 bits per heavy atom. The van der Waals surface area contributed by atoms with Gasteiger partial charge in [0, 0.05) is 13.1 Å². The van der Waals surface area contributed by atoms with Gasteiger partial charge in [-0.15, -0.1) is 0 Å². The second-order valence-corrected chi connectivity index (χ2v) is 4.03. The minimum Gasteiger partial charge on any atom is -0.490 e. The van der Waals surface area contributed by atoms with Gasteiger partial charge in [-0.25, -0.2) is 0 Å². The van der Waals surface area contributed by atoms with E-state index >= 15 is 0 Å². The number of amides is 1. The minimum absolute atomic E-state index is 0.00961. The molecule has 7 nitrogen and oxygen atoms in total. The van der Waals surface area contributed by atoms with Gasteiger partial charge in [0.1, 0.15) is 5.69 Å². The molecule has 110 valence electrons. The van der Waals surface area contributed by atoms with Crippen LogP contribution in [0.1, 0.15) is 13.8 Å². The summed E-state index contributed by atoms with van der Waals surface area (Å²) in [6.07, 6.45) is 0. The van der Waals surface area contributed by atoms with Crippen molar-refractivity contribution in [2.24, 2.45) is 0 Å². The normalized spacial score (nSPS) is 9.95. The molecule has 0 bridgehead atoms. The molecule has 1 amide bonds. The maximum atomic E-state index is 11.9. The predicted molar refractivity (Wildman–Crippen MR) is 76.1 cm³/mol. The molecule has 0 unspecified atom stereocenters. The first-order chi connectivity index (χ1) is 9.54. The first kappa shape index (κ1) is 15.7. The van der Waals surface area contributed by atoms with Crippen molar-refractivity contribution in [3.63, 3.8) is 0 Å². The molecule has 1 N–H and O–H groups in total. The van der Waals surface area contributed by atoms with Crippen molar-refractivity contribution in [2.75, 3.05) is 32.1 Å². The number of carbonyl (C=O) groups is 1. The summed E-state index contributed by atoms with van der Waals surface area (Å²) in [5.74, 6) is 0.0578. The molecular weight excluding hydrogens is 262 g/mol. The van der Waals surface area contributed by atoms with Crippen LogP contribution < -0.4 is 10.1 Å². The molecule has 0 fully saturated rings. The van der Waals surface area contributed by atoms with E-state index in [1.807, 2.05) is 13.8 Å². The Bertz CT molecular complexity index is 487. The summed E-state index contributed by atoms with van der Waals surface area (Å²) in [5.41, 5.74) is 0.109. The highest BCUT2D eigenvalue weighted by atomic mass is 16.6. The molecule has 0 aliphatic heterocycles. The number of methoxy groups -OCH3 is 1. The van der Waals surface area contributed by atoms with Gasteiger partial charge >= 0.3 is 5.69 Å². The molecule has 1 aromatic carbocycles. The zero-order valence-corrected chi connectivity index (χ0v) is 11.9. The zero-order valence-electron chi connectivity index (χ0n) is 11.9. The average Bonchev–Trinajstić information content (AvgIpc) is 2.45. The van der Waals surface area contributed by atoms with E-state index in [1.54, 1.807) is 17.0 Å². The summed E-state index contributed by atoms with van der Waals surface area (Å²) in [6, 6.07) is 4.70. The molecule has 1 rings (SSSR count). The molecule has 1 aromatic rings. The number of nitro groups is 1.